The molecule has 1 atom stereocenters. The van der Waals surface area contributed by atoms with Gasteiger partial charge in [0.05, 0.1) is 0 Å². The van der Waals surface area contributed by atoms with Gasteiger partial charge in [-0.25, -0.2) is 0 Å². The fraction of sp³-hybridized carbons (Fsp3) is 0.273. The summed E-state index contributed by atoms with van der Waals surface area (Å²) in [6.07, 6.45) is -0.873. The van der Waals surface area contributed by atoms with Crippen LogP contribution in [0.3, 0.4) is 0 Å². The normalized spacial score (nSPS) is 12.4. The van der Waals surface area contributed by atoms with E-state index >= 15 is 0 Å². The van der Waals surface area contributed by atoms with Crippen LogP contribution in [0.1, 0.15) is 17.6 Å². The van der Waals surface area contributed by atoms with Crippen LogP contribution < -0.4 is 4.90 Å². The van der Waals surface area contributed by atoms with Gasteiger partial charge in [0.15, 0.2) is 6.10 Å². The fourth-order valence-corrected chi connectivity index (χ4v) is 1.30. The second kappa shape index (κ2) is 4.32. The maximum atomic E-state index is 9.97. The SMILES string of the molecule is CN(C)c1noc(C(O)c2ccccc2)n1. The predicted molar refractivity (Wildman–Crippen MR) is 59.1 cm³/mol. The first-order valence-corrected chi connectivity index (χ1v) is 4.92. The molecule has 1 heterocycles. The molecule has 84 valence electrons. The lowest BCUT2D eigenvalue weighted by atomic mass is 10.1. The number of aliphatic hydroxyl groups excluding tert-OH is 1. The molecule has 2 rings (SSSR count). The lowest BCUT2D eigenvalue weighted by Gasteiger charge is -2.05. The van der Waals surface area contributed by atoms with E-state index in [2.05, 4.69) is 10.1 Å². The largest absolute Gasteiger partial charge is 0.378 e. The smallest absolute Gasteiger partial charge is 0.265 e. The van der Waals surface area contributed by atoms with Gasteiger partial charge in [0.25, 0.3) is 11.8 Å². The summed E-state index contributed by atoms with van der Waals surface area (Å²) in [5, 5.41) is 13.7. The van der Waals surface area contributed by atoms with Crippen LogP contribution in [0.4, 0.5) is 5.95 Å². The molecule has 1 aromatic carbocycles. The maximum absolute atomic E-state index is 9.97. The van der Waals surface area contributed by atoms with E-state index in [1.807, 2.05) is 44.4 Å². The Morgan fingerprint density at radius 1 is 1.25 bits per heavy atom. The third-order valence-corrected chi connectivity index (χ3v) is 2.18. The van der Waals surface area contributed by atoms with E-state index < -0.39 is 6.10 Å². The minimum Gasteiger partial charge on any atom is -0.378 e. The van der Waals surface area contributed by atoms with Gasteiger partial charge in [-0.3, -0.25) is 0 Å². The first-order chi connectivity index (χ1) is 7.68. The molecular weight excluding hydrogens is 206 g/mol. The minimum atomic E-state index is -0.873. The summed E-state index contributed by atoms with van der Waals surface area (Å²) in [5.74, 6) is 0.653. The third-order valence-electron chi connectivity index (χ3n) is 2.18. The van der Waals surface area contributed by atoms with Gasteiger partial charge in [0, 0.05) is 14.1 Å². The highest BCUT2D eigenvalue weighted by Crippen LogP contribution is 2.21. The van der Waals surface area contributed by atoms with Crippen molar-refractivity contribution in [3.63, 3.8) is 0 Å². The Morgan fingerprint density at radius 3 is 2.50 bits per heavy atom. The summed E-state index contributed by atoms with van der Waals surface area (Å²) >= 11 is 0. The van der Waals surface area contributed by atoms with E-state index in [4.69, 9.17) is 4.52 Å². The van der Waals surface area contributed by atoms with Gasteiger partial charge in [-0.1, -0.05) is 30.3 Å². The Kier molecular flexibility index (Phi) is 2.87. The average Bonchev–Trinajstić information content (AvgIpc) is 2.78. The van der Waals surface area contributed by atoms with Crippen LogP contribution in [0.5, 0.6) is 0 Å². The standard InChI is InChI=1S/C11H13N3O2/c1-14(2)11-12-10(16-13-11)9(15)8-6-4-3-5-7-8/h3-7,9,15H,1-2H3. The molecule has 0 radical (unpaired) electrons. The highest BCUT2D eigenvalue weighted by Gasteiger charge is 2.18. The van der Waals surface area contributed by atoms with E-state index in [9.17, 15) is 5.11 Å². The van der Waals surface area contributed by atoms with E-state index in [0.29, 0.717) is 5.95 Å². The zero-order valence-corrected chi connectivity index (χ0v) is 9.16. The predicted octanol–water partition coefficient (Wildman–Crippen LogP) is 1.22. The molecule has 0 bridgehead atoms. The average molecular weight is 219 g/mol. The van der Waals surface area contributed by atoms with Crippen molar-refractivity contribution < 1.29 is 9.63 Å². The first kappa shape index (κ1) is 10.6. The molecule has 5 nitrogen and oxygen atoms in total. The van der Waals surface area contributed by atoms with Gasteiger partial charge in [-0.05, 0) is 10.7 Å². The van der Waals surface area contributed by atoms with Gasteiger partial charge < -0.3 is 14.5 Å². The number of aliphatic hydroxyl groups is 1. The summed E-state index contributed by atoms with van der Waals surface area (Å²) < 4.78 is 4.99. The molecule has 0 spiro atoms. The van der Waals surface area contributed by atoms with Crippen LogP contribution in [0, 0.1) is 0 Å². The van der Waals surface area contributed by atoms with Crippen molar-refractivity contribution in [3.8, 4) is 0 Å². The minimum absolute atomic E-state index is 0.204. The van der Waals surface area contributed by atoms with Crippen molar-refractivity contribution in [3.05, 3.63) is 41.8 Å². The Hall–Kier alpha value is -1.88. The van der Waals surface area contributed by atoms with Gasteiger partial charge in [0.2, 0.25) is 0 Å². The number of hydrogen-bond donors (Lipinski definition) is 1. The van der Waals surface area contributed by atoms with E-state index in [1.165, 1.54) is 0 Å². The van der Waals surface area contributed by atoms with Crippen molar-refractivity contribution in [1.29, 1.82) is 0 Å². The Bertz CT molecular complexity index is 453. The molecule has 0 aliphatic rings. The molecule has 0 aliphatic carbocycles. The molecule has 2 aromatic rings. The van der Waals surface area contributed by atoms with Crippen molar-refractivity contribution in [2.24, 2.45) is 0 Å². The molecule has 16 heavy (non-hydrogen) atoms. The molecule has 5 heteroatoms. The first-order valence-electron chi connectivity index (χ1n) is 4.92. The summed E-state index contributed by atoms with van der Waals surface area (Å²) in [6.45, 7) is 0. The van der Waals surface area contributed by atoms with E-state index in [-0.39, 0.29) is 5.89 Å². The van der Waals surface area contributed by atoms with Crippen molar-refractivity contribution >= 4 is 5.95 Å². The number of nitrogens with zero attached hydrogens (tertiary/aromatic N) is 3. The van der Waals surface area contributed by atoms with E-state index in [1.54, 1.807) is 4.90 Å². The topological polar surface area (TPSA) is 62.4 Å². The van der Waals surface area contributed by atoms with Crippen LogP contribution in [-0.2, 0) is 0 Å². The number of hydrogen-bond acceptors (Lipinski definition) is 5. The molecule has 0 amide bonds. The lowest BCUT2D eigenvalue weighted by molar-refractivity contribution is 0.170. The Balaban J connectivity index is 2.24. The van der Waals surface area contributed by atoms with Gasteiger partial charge >= 0.3 is 0 Å². The molecular formula is C11H13N3O2. The molecule has 1 aromatic heterocycles. The molecule has 0 saturated carbocycles. The highest BCUT2D eigenvalue weighted by atomic mass is 16.5. The summed E-state index contributed by atoms with van der Waals surface area (Å²) in [4.78, 5) is 5.80. The summed E-state index contributed by atoms with van der Waals surface area (Å²) in [7, 11) is 3.62. The summed E-state index contributed by atoms with van der Waals surface area (Å²) in [6, 6.07) is 9.20. The lowest BCUT2D eigenvalue weighted by Crippen LogP contribution is -2.10. The third kappa shape index (κ3) is 2.04. The number of anilines is 1. The quantitative estimate of drug-likeness (QED) is 0.840. The number of benzene rings is 1. The Morgan fingerprint density at radius 2 is 1.94 bits per heavy atom. The number of rotatable bonds is 3. The van der Waals surface area contributed by atoms with Gasteiger partial charge in [-0.2, -0.15) is 4.98 Å². The summed E-state index contributed by atoms with van der Waals surface area (Å²) in [5.41, 5.74) is 0.733. The molecule has 0 fully saturated rings. The molecule has 0 aliphatic heterocycles. The van der Waals surface area contributed by atoms with Crippen molar-refractivity contribution in [2.75, 3.05) is 19.0 Å². The highest BCUT2D eigenvalue weighted by molar-refractivity contribution is 5.27. The molecule has 0 saturated heterocycles. The zero-order valence-electron chi connectivity index (χ0n) is 9.16. The fourth-order valence-electron chi connectivity index (χ4n) is 1.30. The second-order valence-corrected chi connectivity index (χ2v) is 3.64. The van der Waals surface area contributed by atoms with Crippen LogP contribution in [0.2, 0.25) is 0 Å². The molecule has 1 unspecified atom stereocenters. The van der Waals surface area contributed by atoms with Crippen molar-refractivity contribution in [1.82, 2.24) is 10.1 Å². The van der Waals surface area contributed by atoms with Crippen LogP contribution in [0.25, 0.3) is 0 Å². The zero-order chi connectivity index (χ0) is 11.5. The second-order valence-electron chi connectivity index (χ2n) is 3.64. The van der Waals surface area contributed by atoms with Crippen LogP contribution in [0.15, 0.2) is 34.9 Å². The number of aromatic nitrogens is 2. The van der Waals surface area contributed by atoms with Gasteiger partial charge in [0.1, 0.15) is 0 Å². The van der Waals surface area contributed by atoms with Crippen LogP contribution in [-0.4, -0.2) is 29.3 Å². The monoisotopic (exact) mass is 219 g/mol. The Labute approximate surface area is 93.3 Å². The van der Waals surface area contributed by atoms with Gasteiger partial charge in [-0.15, -0.1) is 0 Å². The van der Waals surface area contributed by atoms with Crippen LogP contribution >= 0.6 is 0 Å². The maximum Gasteiger partial charge on any atom is 0.265 e. The van der Waals surface area contributed by atoms with E-state index in [0.717, 1.165) is 5.56 Å². The van der Waals surface area contributed by atoms with Crippen molar-refractivity contribution in [2.45, 2.75) is 6.10 Å². The molecule has 1 N–H and O–H groups in total.